The van der Waals surface area contributed by atoms with E-state index < -0.39 is 12.6 Å². The maximum absolute atomic E-state index is 11.6. The van der Waals surface area contributed by atoms with E-state index in [9.17, 15) is 9.18 Å². The van der Waals surface area contributed by atoms with Crippen molar-refractivity contribution >= 4 is 5.97 Å². The van der Waals surface area contributed by atoms with Crippen molar-refractivity contribution in [3.05, 3.63) is 30.6 Å². The molecule has 0 unspecified atom stereocenters. The van der Waals surface area contributed by atoms with Gasteiger partial charge in [-0.1, -0.05) is 6.07 Å². The first kappa shape index (κ1) is 7.65. The fourth-order valence-corrected chi connectivity index (χ4v) is 0.586. The molecule has 0 bridgehead atoms. The lowest BCUT2D eigenvalue weighted by atomic mass is 10.5. The van der Waals surface area contributed by atoms with Gasteiger partial charge in [0.25, 0.3) is 0 Å². The van der Waals surface area contributed by atoms with Gasteiger partial charge in [-0.15, -0.1) is 0 Å². The summed E-state index contributed by atoms with van der Waals surface area (Å²) in [5, 5.41) is 0. The molecule has 3 nitrogen and oxygen atoms in total. The van der Waals surface area contributed by atoms with Gasteiger partial charge in [-0.3, -0.25) is 0 Å². The first-order valence-corrected chi connectivity index (χ1v) is 3.06. The summed E-state index contributed by atoms with van der Waals surface area (Å²) in [5.41, 5.74) is 0. The molecule has 0 amide bonds. The van der Waals surface area contributed by atoms with Crippen LogP contribution >= 0.6 is 0 Å². The second-order valence-corrected chi connectivity index (χ2v) is 1.83. The van der Waals surface area contributed by atoms with E-state index in [4.69, 9.17) is 0 Å². The van der Waals surface area contributed by atoms with Crippen LogP contribution in [0.25, 0.3) is 0 Å². The average molecular weight is 156 g/mol. The molecule has 1 aromatic rings. The summed E-state index contributed by atoms with van der Waals surface area (Å²) in [7, 11) is 0. The van der Waals surface area contributed by atoms with Crippen LogP contribution in [-0.2, 0) is 4.79 Å². The number of aromatic nitrogens is 1. The van der Waals surface area contributed by atoms with Crippen molar-refractivity contribution < 1.29 is 18.8 Å². The van der Waals surface area contributed by atoms with Gasteiger partial charge in [-0.2, -0.15) is 4.84 Å². The highest BCUT2D eigenvalue weighted by atomic mass is 19.1. The van der Waals surface area contributed by atoms with E-state index in [1.807, 2.05) is 0 Å². The molecular formula is C7H7FNO2+. The molecule has 0 spiro atoms. The summed E-state index contributed by atoms with van der Waals surface area (Å²) in [6.07, 6.45) is 3.01. The Balaban J connectivity index is 2.58. The topological polar surface area (TPSA) is 30.2 Å². The number of rotatable bonds is 2. The van der Waals surface area contributed by atoms with Gasteiger partial charge < -0.3 is 0 Å². The highest BCUT2D eigenvalue weighted by Crippen LogP contribution is 1.75. The minimum atomic E-state index is -1.11. The smallest absolute Gasteiger partial charge is 0.241 e. The molecule has 0 saturated carbocycles. The Hall–Kier alpha value is -1.45. The van der Waals surface area contributed by atoms with Gasteiger partial charge in [0.2, 0.25) is 12.4 Å². The molecule has 1 aromatic heterocycles. The number of alkyl halides is 1. The summed E-state index contributed by atoms with van der Waals surface area (Å²) in [4.78, 5) is 14.8. The third-order valence-corrected chi connectivity index (χ3v) is 1.00. The maximum Gasteiger partial charge on any atom is 0.411 e. The number of hydrogen-bond donors (Lipinski definition) is 0. The summed E-state index contributed by atoms with van der Waals surface area (Å²) >= 11 is 0. The zero-order valence-electron chi connectivity index (χ0n) is 5.74. The number of hydrogen-bond acceptors (Lipinski definition) is 2. The van der Waals surface area contributed by atoms with Gasteiger partial charge in [-0.05, 0) is 0 Å². The monoisotopic (exact) mass is 156 g/mol. The Labute approximate surface area is 63.0 Å². The highest BCUT2D eigenvalue weighted by Gasteiger charge is 2.07. The second kappa shape index (κ2) is 3.65. The van der Waals surface area contributed by atoms with Crippen LogP contribution in [0.15, 0.2) is 30.6 Å². The van der Waals surface area contributed by atoms with Crippen molar-refractivity contribution in [3.63, 3.8) is 0 Å². The largest absolute Gasteiger partial charge is 0.411 e. The third kappa shape index (κ3) is 2.33. The Morgan fingerprint density at radius 2 is 2.00 bits per heavy atom. The van der Waals surface area contributed by atoms with Crippen molar-refractivity contribution in [2.24, 2.45) is 0 Å². The molecule has 11 heavy (non-hydrogen) atoms. The summed E-state index contributed by atoms with van der Waals surface area (Å²) in [6.45, 7) is -1.11. The molecule has 0 radical (unpaired) electrons. The van der Waals surface area contributed by atoms with Crippen molar-refractivity contribution in [3.8, 4) is 0 Å². The molecule has 0 saturated heterocycles. The molecule has 0 aliphatic rings. The van der Waals surface area contributed by atoms with Gasteiger partial charge in [0, 0.05) is 16.9 Å². The van der Waals surface area contributed by atoms with Crippen LogP contribution in [-0.4, -0.2) is 12.6 Å². The minimum absolute atomic E-state index is 0.902. The minimum Gasteiger partial charge on any atom is -0.241 e. The lowest BCUT2D eigenvalue weighted by Crippen LogP contribution is -2.45. The molecule has 58 valence electrons. The molecule has 0 fully saturated rings. The number of carbonyl (C=O) groups is 1. The average Bonchev–Trinajstić information content (AvgIpc) is 2.06. The summed E-state index contributed by atoms with van der Waals surface area (Å²) in [6, 6.07) is 5.11. The lowest BCUT2D eigenvalue weighted by molar-refractivity contribution is -0.869. The molecule has 1 rings (SSSR count). The zero-order valence-corrected chi connectivity index (χ0v) is 5.74. The second-order valence-electron chi connectivity index (χ2n) is 1.83. The molecule has 0 aliphatic heterocycles. The fraction of sp³-hybridized carbons (Fsp3) is 0.143. The van der Waals surface area contributed by atoms with Gasteiger partial charge >= 0.3 is 5.97 Å². The van der Waals surface area contributed by atoms with E-state index in [1.165, 1.54) is 12.4 Å². The molecule has 4 heteroatoms. The first-order chi connectivity index (χ1) is 5.33. The van der Waals surface area contributed by atoms with Gasteiger partial charge in [-0.25, -0.2) is 9.18 Å². The highest BCUT2D eigenvalue weighted by molar-refractivity contribution is 5.69. The fourth-order valence-electron chi connectivity index (χ4n) is 0.586. The maximum atomic E-state index is 11.6. The molecule has 0 N–H and O–H groups in total. The predicted octanol–water partition coefficient (Wildman–Crippen LogP) is -0.101. The number of halogens is 1. The van der Waals surface area contributed by atoms with E-state index in [1.54, 1.807) is 18.2 Å². The Morgan fingerprint density at radius 1 is 1.36 bits per heavy atom. The van der Waals surface area contributed by atoms with Crippen LogP contribution in [0.4, 0.5) is 4.39 Å². The van der Waals surface area contributed by atoms with Crippen molar-refractivity contribution in [1.82, 2.24) is 0 Å². The van der Waals surface area contributed by atoms with Gasteiger partial charge in [0.15, 0.2) is 6.67 Å². The quantitative estimate of drug-likeness (QED) is 0.559. The number of carbonyl (C=O) groups excluding carboxylic acids is 1. The van der Waals surface area contributed by atoms with E-state index in [-0.39, 0.29) is 0 Å². The lowest BCUT2D eigenvalue weighted by Gasteiger charge is -1.89. The molecule has 0 aromatic carbocycles. The Morgan fingerprint density at radius 3 is 2.55 bits per heavy atom. The van der Waals surface area contributed by atoms with Crippen LogP contribution in [0.5, 0.6) is 0 Å². The molecular weight excluding hydrogens is 149 g/mol. The van der Waals surface area contributed by atoms with Crippen LogP contribution in [0.3, 0.4) is 0 Å². The van der Waals surface area contributed by atoms with E-state index in [0.29, 0.717) is 0 Å². The van der Waals surface area contributed by atoms with Crippen LogP contribution in [0.2, 0.25) is 0 Å². The summed E-state index contributed by atoms with van der Waals surface area (Å²) in [5.74, 6) is -0.902. The number of nitrogens with zero attached hydrogens (tertiary/aromatic N) is 1. The normalized spacial score (nSPS) is 9.18. The van der Waals surface area contributed by atoms with Crippen LogP contribution in [0, 0.1) is 0 Å². The van der Waals surface area contributed by atoms with E-state index >= 15 is 0 Å². The van der Waals surface area contributed by atoms with Crippen molar-refractivity contribution in [2.45, 2.75) is 0 Å². The molecule has 1 heterocycles. The zero-order chi connectivity index (χ0) is 8.10. The summed E-state index contributed by atoms with van der Waals surface area (Å²) < 4.78 is 12.7. The first-order valence-electron chi connectivity index (χ1n) is 3.06. The van der Waals surface area contributed by atoms with E-state index in [0.717, 1.165) is 4.73 Å². The predicted molar refractivity (Wildman–Crippen MR) is 34.2 cm³/mol. The van der Waals surface area contributed by atoms with Crippen molar-refractivity contribution in [2.75, 3.05) is 6.67 Å². The third-order valence-electron chi connectivity index (χ3n) is 1.00. The van der Waals surface area contributed by atoms with E-state index in [2.05, 4.69) is 4.84 Å². The van der Waals surface area contributed by atoms with Crippen LogP contribution < -0.4 is 9.57 Å². The SMILES string of the molecule is O=C(CF)O[n+]1ccccc1. The molecule has 0 aliphatic carbocycles. The van der Waals surface area contributed by atoms with Gasteiger partial charge in [0.05, 0.1) is 0 Å². The Bertz CT molecular complexity index is 237. The van der Waals surface area contributed by atoms with Gasteiger partial charge in [0.1, 0.15) is 0 Å². The van der Waals surface area contributed by atoms with Crippen LogP contribution in [0.1, 0.15) is 0 Å². The number of pyridine rings is 1. The molecule has 0 atom stereocenters. The standard InChI is InChI=1S/C7H7FNO2/c8-6-7(10)11-9-4-2-1-3-5-9/h1-5H,6H2/q+1. The van der Waals surface area contributed by atoms with Crippen molar-refractivity contribution in [1.29, 1.82) is 0 Å². The Kier molecular flexibility index (Phi) is 2.54.